The molecule has 2 heterocycles. The molecule has 5 nitrogen and oxygen atoms in total. The summed E-state index contributed by atoms with van der Waals surface area (Å²) in [7, 11) is 0. The first-order chi connectivity index (χ1) is 15.4. The first kappa shape index (κ1) is 21.7. The van der Waals surface area contributed by atoms with Crippen molar-refractivity contribution in [2.24, 2.45) is 0 Å². The van der Waals surface area contributed by atoms with E-state index >= 15 is 0 Å². The summed E-state index contributed by atoms with van der Waals surface area (Å²) in [6.07, 6.45) is -2.38. The maximum atomic E-state index is 13.4. The number of aromatic nitrogens is 1. The van der Waals surface area contributed by atoms with Crippen molar-refractivity contribution in [2.75, 3.05) is 5.32 Å². The van der Waals surface area contributed by atoms with Gasteiger partial charge in [-0.2, -0.15) is 0 Å². The Morgan fingerprint density at radius 2 is 1.73 bits per heavy atom. The Balaban J connectivity index is 1.43. The number of hydrogen-bond acceptors (Lipinski definition) is 3. The second-order valence-electron chi connectivity index (χ2n) is 10.4. The van der Waals surface area contributed by atoms with Gasteiger partial charge in [-0.25, -0.2) is 0 Å². The molecule has 1 N–H and O–H groups in total. The molecule has 2 aliphatic rings. The zero-order valence-corrected chi connectivity index (χ0v) is 19.5. The molecule has 1 saturated carbocycles. The summed E-state index contributed by atoms with van der Waals surface area (Å²) >= 11 is 0. The Morgan fingerprint density at radius 1 is 1.03 bits per heavy atom. The van der Waals surface area contributed by atoms with Gasteiger partial charge in [-0.15, -0.1) is 8.78 Å². The molecule has 7 heteroatoms. The minimum atomic E-state index is -3.67. The van der Waals surface area contributed by atoms with E-state index in [0.29, 0.717) is 30.1 Å². The van der Waals surface area contributed by atoms with Gasteiger partial charge in [0, 0.05) is 33.7 Å². The Kier molecular flexibility index (Phi) is 4.58. The lowest BCUT2D eigenvalue weighted by molar-refractivity contribution is -0.286. The first-order valence-electron chi connectivity index (χ1n) is 11.3. The third-order valence-corrected chi connectivity index (χ3v) is 6.52. The lowest BCUT2D eigenvalue weighted by atomic mass is 9.91. The van der Waals surface area contributed by atoms with E-state index in [-0.39, 0.29) is 22.8 Å². The molecule has 0 saturated heterocycles. The summed E-state index contributed by atoms with van der Waals surface area (Å²) in [6.45, 7) is 10.9. The summed E-state index contributed by atoms with van der Waals surface area (Å²) in [5, 5.41) is 4.12. The summed E-state index contributed by atoms with van der Waals surface area (Å²) in [5.74, 6) is -0.204. The van der Waals surface area contributed by atoms with Gasteiger partial charge in [0.15, 0.2) is 11.5 Å². The zero-order valence-electron chi connectivity index (χ0n) is 19.5. The Hall–Kier alpha value is -3.09. The largest absolute Gasteiger partial charge is 0.586 e. The van der Waals surface area contributed by atoms with Crippen molar-refractivity contribution >= 4 is 22.5 Å². The fourth-order valence-corrected chi connectivity index (χ4v) is 4.72. The van der Waals surface area contributed by atoms with Gasteiger partial charge >= 0.3 is 6.29 Å². The number of hydrogen-bond donors (Lipinski definition) is 1. The highest BCUT2D eigenvalue weighted by atomic mass is 19.3. The number of amides is 1. The topological polar surface area (TPSA) is 52.5 Å². The van der Waals surface area contributed by atoms with E-state index < -0.39 is 11.7 Å². The van der Waals surface area contributed by atoms with Crippen LogP contribution in [0.1, 0.15) is 64.8 Å². The van der Waals surface area contributed by atoms with E-state index in [2.05, 4.69) is 60.0 Å². The normalized spacial score (nSPS) is 18.1. The van der Waals surface area contributed by atoms with Crippen molar-refractivity contribution in [1.29, 1.82) is 0 Å². The van der Waals surface area contributed by atoms with Gasteiger partial charge in [-0.3, -0.25) is 4.79 Å². The number of fused-ring (bicyclic) bond motifs is 2. The Bertz CT molecular complexity index is 1270. The highest BCUT2D eigenvalue weighted by molar-refractivity contribution is 6.02. The SMILES string of the molecule is CC(C)n1c(C(C)(C)C)cc2cc(NC(=O)C3(c4ccc5c(c4)OC(F)(F)O5)CC3)ccc21. The maximum absolute atomic E-state index is 13.4. The second kappa shape index (κ2) is 6.95. The Morgan fingerprint density at radius 3 is 2.36 bits per heavy atom. The van der Waals surface area contributed by atoms with Crippen LogP contribution in [0.25, 0.3) is 10.9 Å². The number of alkyl halides is 2. The van der Waals surface area contributed by atoms with Crippen molar-refractivity contribution in [3.8, 4) is 11.5 Å². The quantitative estimate of drug-likeness (QED) is 0.489. The molecule has 5 rings (SSSR count). The standard InChI is InChI=1S/C26H28F2N2O3/c1-15(2)30-19-8-7-18(12-16(19)13-22(30)24(3,4)5)29-23(31)25(10-11-25)17-6-9-20-21(14-17)33-26(27,28)32-20/h6-9,12-15H,10-11H2,1-5H3,(H,29,31). The maximum Gasteiger partial charge on any atom is 0.586 e. The van der Waals surface area contributed by atoms with E-state index in [1.807, 2.05) is 18.2 Å². The predicted octanol–water partition coefficient (Wildman–Crippen LogP) is 6.51. The molecular weight excluding hydrogens is 426 g/mol. The molecule has 0 unspecified atom stereocenters. The molecule has 2 aromatic carbocycles. The molecule has 0 bridgehead atoms. The second-order valence-corrected chi connectivity index (χ2v) is 10.4. The smallest absolute Gasteiger partial charge is 0.395 e. The van der Waals surface area contributed by atoms with E-state index in [1.165, 1.54) is 17.8 Å². The van der Waals surface area contributed by atoms with Gasteiger partial charge in [0.2, 0.25) is 5.91 Å². The van der Waals surface area contributed by atoms with Crippen LogP contribution < -0.4 is 14.8 Å². The van der Waals surface area contributed by atoms with Crippen molar-refractivity contribution in [3.05, 3.63) is 53.7 Å². The minimum Gasteiger partial charge on any atom is -0.395 e. The predicted molar refractivity (Wildman–Crippen MR) is 123 cm³/mol. The molecule has 0 spiro atoms. The number of nitrogens with zero attached hydrogens (tertiary/aromatic N) is 1. The fourth-order valence-electron chi connectivity index (χ4n) is 4.72. The summed E-state index contributed by atoms with van der Waals surface area (Å²) in [4.78, 5) is 13.3. The van der Waals surface area contributed by atoms with Crippen LogP contribution in [0.3, 0.4) is 0 Å². The van der Waals surface area contributed by atoms with E-state index in [9.17, 15) is 13.6 Å². The number of ether oxygens (including phenoxy) is 2. The molecule has 1 aliphatic carbocycles. The third kappa shape index (κ3) is 3.63. The number of anilines is 1. The number of carbonyl (C=O) groups excluding carboxylic acids is 1. The molecule has 174 valence electrons. The lowest BCUT2D eigenvalue weighted by Crippen LogP contribution is -2.27. The van der Waals surface area contributed by atoms with Crippen molar-refractivity contribution in [1.82, 2.24) is 4.57 Å². The third-order valence-electron chi connectivity index (χ3n) is 6.52. The van der Waals surface area contributed by atoms with Crippen LogP contribution >= 0.6 is 0 Å². The van der Waals surface area contributed by atoms with Gasteiger partial charge in [-0.05, 0) is 68.7 Å². The number of rotatable bonds is 4. The molecule has 0 atom stereocenters. The van der Waals surface area contributed by atoms with Crippen LogP contribution in [0.5, 0.6) is 11.5 Å². The van der Waals surface area contributed by atoms with Crippen LogP contribution in [-0.4, -0.2) is 16.8 Å². The number of halogens is 2. The van der Waals surface area contributed by atoms with Gasteiger partial charge in [0.1, 0.15) is 0 Å². The van der Waals surface area contributed by atoms with Crippen molar-refractivity contribution < 1.29 is 23.0 Å². The lowest BCUT2D eigenvalue weighted by Gasteiger charge is -2.24. The molecule has 1 fully saturated rings. The molecular formula is C26H28F2N2O3. The summed E-state index contributed by atoms with van der Waals surface area (Å²) in [5.41, 5.74) is 2.99. The van der Waals surface area contributed by atoms with E-state index in [0.717, 1.165) is 10.9 Å². The van der Waals surface area contributed by atoms with Crippen LogP contribution in [0.2, 0.25) is 0 Å². The number of benzene rings is 2. The van der Waals surface area contributed by atoms with Crippen molar-refractivity contribution in [3.63, 3.8) is 0 Å². The van der Waals surface area contributed by atoms with Gasteiger partial charge in [0.05, 0.1) is 5.41 Å². The monoisotopic (exact) mass is 454 g/mol. The highest BCUT2D eigenvalue weighted by Crippen LogP contribution is 2.52. The molecule has 3 aromatic rings. The molecule has 1 aromatic heterocycles. The Labute approximate surface area is 191 Å². The van der Waals surface area contributed by atoms with Gasteiger partial charge in [0.25, 0.3) is 0 Å². The van der Waals surface area contributed by atoms with Crippen molar-refractivity contribution in [2.45, 2.75) is 70.6 Å². The first-order valence-corrected chi connectivity index (χ1v) is 11.3. The fraction of sp³-hybridized carbons (Fsp3) is 0.423. The number of nitrogens with one attached hydrogen (secondary N) is 1. The summed E-state index contributed by atoms with van der Waals surface area (Å²) < 4.78 is 38.2. The van der Waals surface area contributed by atoms with Crippen LogP contribution in [0.4, 0.5) is 14.5 Å². The molecule has 1 amide bonds. The average molecular weight is 455 g/mol. The molecule has 33 heavy (non-hydrogen) atoms. The van der Waals surface area contributed by atoms with Crippen LogP contribution in [0.15, 0.2) is 42.5 Å². The average Bonchev–Trinajstić information content (AvgIpc) is 3.32. The summed E-state index contributed by atoms with van der Waals surface area (Å²) in [6, 6.07) is 13.1. The minimum absolute atomic E-state index is 0.0130. The van der Waals surface area contributed by atoms with Gasteiger partial charge in [-0.1, -0.05) is 26.8 Å². The highest BCUT2D eigenvalue weighted by Gasteiger charge is 2.52. The zero-order chi connectivity index (χ0) is 23.8. The van der Waals surface area contributed by atoms with E-state index in [4.69, 9.17) is 0 Å². The molecule has 1 aliphatic heterocycles. The van der Waals surface area contributed by atoms with E-state index in [1.54, 1.807) is 6.07 Å². The van der Waals surface area contributed by atoms with Crippen LogP contribution in [-0.2, 0) is 15.6 Å². The van der Waals surface area contributed by atoms with Crippen LogP contribution in [0, 0.1) is 0 Å². The van der Waals surface area contributed by atoms with Gasteiger partial charge < -0.3 is 19.4 Å². The molecule has 0 radical (unpaired) electrons. The number of carbonyl (C=O) groups is 1.